The van der Waals surface area contributed by atoms with Crippen LogP contribution in [0.3, 0.4) is 0 Å². The number of nitrogens with zero attached hydrogens (tertiary/aromatic N) is 5. The van der Waals surface area contributed by atoms with Gasteiger partial charge in [0.25, 0.3) is 5.91 Å². The first-order valence-corrected chi connectivity index (χ1v) is 19.1. The summed E-state index contributed by atoms with van der Waals surface area (Å²) >= 11 is 5.86. The maximum atomic E-state index is 14.2. The number of hydrogen-bond acceptors (Lipinski definition) is 7. The number of H-pyrrole nitrogens is 1. The van der Waals surface area contributed by atoms with Gasteiger partial charge in [-0.15, -0.1) is 0 Å². The summed E-state index contributed by atoms with van der Waals surface area (Å²) in [5, 5.41) is 9.28. The highest BCUT2D eigenvalue weighted by atomic mass is 35.5. The summed E-state index contributed by atoms with van der Waals surface area (Å²) in [5.74, 6) is 0.247. The molecule has 0 atom stereocenters. The number of nitrogens with one attached hydrogen (secondary N) is 2. The second-order valence-electron chi connectivity index (χ2n) is 12.9. The molecule has 1 saturated heterocycles. The Balaban J connectivity index is 0.977. The van der Waals surface area contributed by atoms with Gasteiger partial charge in [0.2, 0.25) is 14.9 Å². The Hall–Kier alpha value is -5.09. The zero-order chi connectivity index (χ0) is 36.7. The van der Waals surface area contributed by atoms with Crippen LogP contribution >= 0.6 is 11.6 Å². The third-order valence-electron chi connectivity index (χ3n) is 9.32. The second-order valence-corrected chi connectivity index (χ2v) is 15.5. The van der Waals surface area contributed by atoms with Gasteiger partial charge in [-0.25, -0.2) is 14.4 Å². The van der Waals surface area contributed by atoms with E-state index in [1.165, 1.54) is 18.3 Å². The Kier molecular flexibility index (Phi) is 9.49. The number of alkyl halides is 3. The number of imidazole rings is 1. The molecule has 16 heteroatoms. The van der Waals surface area contributed by atoms with Gasteiger partial charge in [-0.1, -0.05) is 29.8 Å². The average molecular weight is 761 g/mol. The summed E-state index contributed by atoms with van der Waals surface area (Å²) in [6.07, 6.45) is 0.234. The molecule has 2 aliphatic rings. The highest BCUT2D eigenvalue weighted by molar-refractivity contribution is 6.53. The zero-order valence-corrected chi connectivity index (χ0v) is 29.8. The van der Waals surface area contributed by atoms with Crippen LogP contribution in [0.4, 0.5) is 23.2 Å². The van der Waals surface area contributed by atoms with Crippen molar-refractivity contribution in [3.63, 3.8) is 0 Å². The van der Waals surface area contributed by atoms with Crippen LogP contribution in [-0.4, -0.2) is 64.3 Å². The second kappa shape index (κ2) is 14.4. The lowest BCUT2D eigenvalue weighted by atomic mass is 10.0. The minimum absolute atomic E-state index is 0.00868. The van der Waals surface area contributed by atoms with Gasteiger partial charge in [-0.2, -0.15) is 18.3 Å². The van der Waals surface area contributed by atoms with Crippen LogP contribution < -0.4 is 10.1 Å². The Morgan fingerprint density at radius 2 is 1.96 bits per heavy atom. The number of ether oxygens (including phenoxy) is 1. The molecule has 3 aromatic heterocycles. The number of aromatic amines is 1. The lowest BCUT2D eigenvalue weighted by Gasteiger charge is -2.28. The number of hydrogen-bond donors (Lipinski definition) is 2. The molecule has 271 valence electrons. The molecule has 5 heterocycles. The number of rotatable bonds is 10. The van der Waals surface area contributed by atoms with Crippen molar-refractivity contribution in [3.8, 4) is 5.88 Å². The van der Waals surface area contributed by atoms with Gasteiger partial charge >= 0.3 is 6.18 Å². The summed E-state index contributed by atoms with van der Waals surface area (Å²) < 4.78 is 69.3. The van der Waals surface area contributed by atoms with E-state index in [9.17, 15) is 22.4 Å². The molecule has 10 nitrogen and oxygen atoms in total. The molecule has 6 aromatic rings. The predicted molar refractivity (Wildman–Crippen MR) is 193 cm³/mol. The monoisotopic (exact) mass is 760 g/mol. The molecular weight excluding hydrogens is 730 g/mol. The van der Waals surface area contributed by atoms with Crippen LogP contribution in [-0.2, 0) is 29.9 Å². The quantitative estimate of drug-likeness (QED) is 0.108. The van der Waals surface area contributed by atoms with E-state index in [2.05, 4.69) is 36.0 Å². The minimum Gasteiger partial charge on any atom is -0.473 e. The van der Waals surface area contributed by atoms with E-state index in [0.717, 1.165) is 54.3 Å². The minimum atomic E-state index is -4.63. The van der Waals surface area contributed by atoms with Crippen molar-refractivity contribution < 1.29 is 31.5 Å². The highest BCUT2D eigenvalue weighted by Crippen LogP contribution is 2.36. The molecule has 0 saturated carbocycles. The van der Waals surface area contributed by atoms with Crippen molar-refractivity contribution in [2.24, 2.45) is 0 Å². The van der Waals surface area contributed by atoms with E-state index < -0.39 is 32.5 Å². The number of carbonyl (C=O) groups excluding carboxylic acids is 1. The Labute approximate surface area is 307 Å². The lowest BCUT2D eigenvalue weighted by molar-refractivity contribution is -0.136. The molecule has 8 rings (SSSR count). The maximum absolute atomic E-state index is 14.2. The fourth-order valence-electron chi connectivity index (χ4n) is 6.47. The van der Waals surface area contributed by atoms with Crippen LogP contribution in [0.5, 0.6) is 5.88 Å². The number of halogens is 5. The molecule has 1 amide bonds. The molecular formula is C37H31ClF4N7O3Si. The standard InChI is InChI=1S/C37H31ClF4N7O3Si/c38-26-6-4-24(29(39)16-26)20-51-34-3-1-2-30(46-34)22-8-10-48(11-9-22)19-33-45-31-15-23(5-7-32(31)49(33)21-53-13-12-52-53)36(50)44-27-14-25-18-43-47-35(25)28(17-27)37(40,41)42/h1-8,14-18H,9-13,19-21H2,(H,43,47)(H,44,50). The molecule has 2 aliphatic heterocycles. The van der Waals surface area contributed by atoms with Crippen molar-refractivity contribution >= 4 is 59.7 Å². The number of fused-ring (bicyclic) bond motifs is 2. The van der Waals surface area contributed by atoms with Gasteiger partial charge in [0.1, 0.15) is 18.2 Å². The topological polar surface area (TPSA) is 110 Å². The molecule has 2 N–H and O–H groups in total. The first-order valence-electron chi connectivity index (χ1n) is 16.9. The molecule has 3 aromatic carbocycles. The van der Waals surface area contributed by atoms with Crippen molar-refractivity contribution in [1.29, 1.82) is 0 Å². The Morgan fingerprint density at radius 1 is 1.09 bits per heavy atom. The molecule has 0 spiro atoms. The van der Waals surface area contributed by atoms with Crippen LogP contribution in [0.1, 0.15) is 39.4 Å². The number of carbonyl (C=O) groups is 1. The van der Waals surface area contributed by atoms with E-state index in [-0.39, 0.29) is 28.8 Å². The van der Waals surface area contributed by atoms with Gasteiger partial charge in [-0.3, -0.25) is 14.8 Å². The van der Waals surface area contributed by atoms with E-state index >= 15 is 0 Å². The van der Waals surface area contributed by atoms with Crippen LogP contribution in [0, 0.1) is 5.82 Å². The summed E-state index contributed by atoms with van der Waals surface area (Å²) in [6.45, 7) is 2.74. The van der Waals surface area contributed by atoms with Crippen molar-refractivity contribution in [3.05, 3.63) is 118 Å². The fraction of sp³-hybridized carbons (Fsp3) is 0.243. The zero-order valence-electron chi connectivity index (χ0n) is 28.0. The van der Waals surface area contributed by atoms with Gasteiger partial charge in [-0.05, 0) is 66.6 Å². The molecule has 0 aliphatic carbocycles. The third-order valence-corrected chi connectivity index (χ3v) is 11.6. The van der Waals surface area contributed by atoms with Crippen LogP contribution in [0.2, 0.25) is 11.1 Å². The van der Waals surface area contributed by atoms with Crippen molar-refractivity contribution in [1.82, 2.24) is 29.6 Å². The molecule has 0 unspecified atom stereocenters. The van der Waals surface area contributed by atoms with Crippen LogP contribution in [0.15, 0.2) is 79.0 Å². The number of anilines is 1. The number of benzene rings is 3. The van der Waals surface area contributed by atoms with Gasteiger partial charge in [0, 0.05) is 59.2 Å². The average Bonchev–Trinajstić information content (AvgIpc) is 3.73. The third kappa shape index (κ3) is 7.55. The maximum Gasteiger partial charge on any atom is 0.418 e. The fourth-order valence-corrected chi connectivity index (χ4v) is 8.08. The van der Waals surface area contributed by atoms with Crippen molar-refractivity contribution in [2.45, 2.75) is 38.0 Å². The SMILES string of the molecule is O=C(Nc1cc(C(F)(F)F)c2[nH]ncc2c1)c1ccc2c(c1)nc(CN1CC=C(c3cccc(OCc4ccc(Cl)cc4F)n3)CC1)n2C[Si]1CCO1. The normalized spacial score (nSPS) is 15.5. The van der Waals surface area contributed by atoms with Gasteiger partial charge in [0.15, 0.2) is 0 Å². The van der Waals surface area contributed by atoms with E-state index in [0.29, 0.717) is 41.2 Å². The number of amides is 1. The summed E-state index contributed by atoms with van der Waals surface area (Å²) in [7, 11) is -1.03. The summed E-state index contributed by atoms with van der Waals surface area (Å²) in [4.78, 5) is 25.2. The first kappa shape index (κ1) is 35.0. The lowest BCUT2D eigenvalue weighted by Crippen LogP contribution is -2.37. The molecule has 1 radical (unpaired) electrons. The van der Waals surface area contributed by atoms with E-state index in [1.54, 1.807) is 30.3 Å². The van der Waals surface area contributed by atoms with Gasteiger partial charge in [0.05, 0.1) is 40.5 Å². The highest BCUT2D eigenvalue weighted by Gasteiger charge is 2.34. The summed E-state index contributed by atoms with van der Waals surface area (Å²) in [5.41, 5.74) is 2.95. The predicted octanol–water partition coefficient (Wildman–Crippen LogP) is 7.80. The molecule has 0 bridgehead atoms. The molecule has 1 fully saturated rings. The largest absolute Gasteiger partial charge is 0.473 e. The summed E-state index contributed by atoms with van der Waals surface area (Å²) in [6, 6.07) is 18.5. The van der Waals surface area contributed by atoms with Gasteiger partial charge < -0.3 is 19.0 Å². The smallest absolute Gasteiger partial charge is 0.418 e. The molecule has 53 heavy (non-hydrogen) atoms. The van der Waals surface area contributed by atoms with Crippen LogP contribution in [0.25, 0.3) is 27.5 Å². The number of pyridine rings is 1. The van der Waals surface area contributed by atoms with Crippen molar-refractivity contribution in [2.75, 3.05) is 25.0 Å². The Bertz CT molecular complexity index is 2380. The van der Waals surface area contributed by atoms with E-state index in [1.807, 2.05) is 18.2 Å². The number of aromatic nitrogens is 5. The van der Waals surface area contributed by atoms with E-state index in [4.69, 9.17) is 25.7 Å². The Morgan fingerprint density at radius 3 is 2.72 bits per heavy atom. The first-order chi connectivity index (χ1) is 25.6.